The van der Waals surface area contributed by atoms with Crippen LogP contribution in [0.25, 0.3) is 0 Å². The molecule has 1 rings (SSSR count). The molecule has 1 aromatic rings. The zero-order valence-electron chi connectivity index (χ0n) is 12.1. The molecule has 0 saturated heterocycles. The van der Waals surface area contributed by atoms with Crippen LogP contribution in [0.5, 0.6) is 5.75 Å². The van der Waals surface area contributed by atoms with E-state index < -0.39 is 12.1 Å². The van der Waals surface area contributed by atoms with Gasteiger partial charge in [0.05, 0.1) is 0 Å². The van der Waals surface area contributed by atoms with Crippen LogP contribution in [-0.2, 0) is 11.3 Å². The number of aryl methyl sites for hydroxylation is 1. The Labute approximate surface area is 114 Å². The van der Waals surface area contributed by atoms with Gasteiger partial charge < -0.3 is 15.2 Å². The molecule has 0 aliphatic heterocycles. The first-order chi connectivity index (χ1) is 8.93. The lowest BCUT2D eigenvalue weighted by atomic mass is 10.1. The number of hydrogen-bond donors (Lipinski definition) is 2. The zero-order chi connectivity index (χ0) is 14.4. The summed E-state index contributed by atoms with van der Waals surface area (Å²) in [6, 6.07) is 6.18. The SMILES string of the molecule is CCC(Oc1ccc(C)cc1CNC(C)C)C(=O)O. The van der Waals surface area contributed by atoms with Crippen LogP contribution in [0.2, 0.25) is 0 Å². The van der Waals surface area contributed by atoms with Crippen molar-refractivity contribution in [2.45, 2.75) is 52.8 Å². The number of carbonyl (C=O) groups is 1. The van der Waals surface area contributed by atoms with E-state index in [1.807, 2.05) is 25.1 Å². The van der Waals surface area contributed by atoms with Gasteiger partial charge >= 0.3 is 5.97 Å². The molecular weight excluding hydrogens is 242 g/mol. The smallest absolute Gasteiger partial charge is 0.344 e. The van der Waals surface area contributed by atoms with Crippen molar-refractivity contribution >= 4 is 5.97 Å². The topological polar surface area (TPSA) is 58.6 Å². The van der Waals surface area contributed by atoms with Gasteiger partial charge in [0.25, 0.3) is 0 Å². The molecule has 0 heterocycles. The van der Waals surface area contributed by atoms with Gasteiger partial charge in [-0.1, -0.05) is 38.5 Å². The van der Waals surface area contributed by atoms with Gasteiger partial charge in [-0.05, 0) is 19.4 Å². The maximum atomic E-state index is 11.0. The van der Waals surface area contributed by atoms with Crippen LogP contribution in [0.4, 0.5) is 0 Å². The van der Waals surface area contributed by atoms with Crippen LogP contribution in [0.3, 0.4) is 0 Å². The number of carboxylic acid groups (broad SMARTS) is 1. The normalized spacial score (nSPS) is 12.5. The molecular formula is C15H23NO3. The molecule has 0 bridgehead atoms. The van der Waals surface area contributed by atoms with Gasteiger partial charge in [-0.2, -0.15) is 0 Å². The first-order valence-corrected chi connectivity index (χ1v) is 6.66. The van der Waals surface area contributed by atoms with Crippen LogP contribution in [0.1, 0.15) is 38.3 Å². The quantitative estimate of drug-likeness (QED) is 0.796. The Kier molecular flexibility index (Phi) is 5.83. The number of ether oxygens (including phenoxy) is 1. The molecule has 2 N–H and O–H groups in total. The fourth-order valence-corrected chi connectivity index (χ4v) is 1.74. The van der Waals surface area contributed by atoms with Crippen molar-refractivity contribution in [1.82, 2.24) is 5.32 Å². The molecule has 4 nitrogen and oxygen atoms in total. The number of benzene rings is 1. The number of hydrogen-bond acceptors (Lipinski definition) is 3. The minimum atomic E-state index is -0.925. The fourth-order valence-electron chi connectivity index (χ4n) is 1.74. The summed E-state index contributed by atoms with van der Waals surface area (Å²) < 4.78 is 5.60. The zero-order valence-corrected chi connectivity index (χ0v) is 12.1. The molecule has 0 aromatic heterocycles. The third kappa shape index (κ3) is 4.91. The second-order valence-electron chi connectivity index (χ2n) is 5.00. The molecule has 0 aliphatic carbocycles. The molecule has 0 amide bonds. The highest BCUT2D eigenvalue weighted by molar-refractivity contribution is 5.72. The van der Waals surface area contributed by atoms with Crippen LogP contribution in [0.15, 0.2) is 18.2 Å². The summed E-state index contributed by atoms with van der Waals surface area (Å²) in [5, 5.41) is 12.4. The van der Waals surface area contributed by atoms with E-state index in [9.17, 15) is 4.79 Å². The summed E-state index contributed by atoms with van der Waals surface area (Å²) in [7, 11) is 0. The number of rotatable bonds is 7. The van der Waals surface area contributed by atoms with E-state index in [0.29, 0.717) is 24.8 Å². The van der Waals surface area contributed by atoms with E-state index in [-0.39, 0.29) is 0 Å². The van der Waals surface area contributed by atoms with Crippen molar-refractivity contribution in [1.29, 1.82) is 0 Å². The molecule has 0 radical (unpaired) electrons. The minimum absolute atomic E-state index is 0.370. The largest absolute Gasteiger partial charge is 0.479 e. The second kappa shape index (κ2) is 7.14. The Hall–Kier alpha value is -1.55. The van der Waals surface area contributed by atoms with Crippen molar-refractivity contribution in [3.63, 3.8) is 0 Å². The van der Waals surface area contributed by atoms with E-state index in [4.69, 9.17) is 9.84 Å². The summed E-state index contributed by atoms with van der Waals surface area (Å²) in [6.45, 7) is 8.63. The van der Waals surface area contributed by atoms with Gasteiger partial charge in [0.2, 0.25) is 0 Å². The molecule has 19 heavy (non-hydrogen) atoms. The van der Waals surface area contributed by atoms with E-state index in [2.05, 4.69) is 19.2 Å². The maximum absolute atomic E-state index is 11.0. The highest BCUT2D eigenvalue weighted by atomic mass is 16.5. The van der Waals surface area contributed by atoms with Gasteiger partial charge in [-0.25, -0.2) is 4.79 Å². The van der Waals surface area contributed by atoms with Crippen molar-refractivity contribution in [2.75, 3.05) is 0 Å². The van der Waals surface area contributed by atoms with Crippen molar-refractivity contribution in [3.05, 3.63) is 29.3 Å². The summed E-state index contributed by atoms with van der Waals surface area (Å²) in [5.41, 5.74) is 2.13. The van der Waals surface area contributed by atoms with E-state index in [0.717, 1.165) is 11.1 Å². The molecule has 1 aromatic carbocycles. The molecule has 0 saturated carbocycles. The first-order valence-electron chi connectivity index (χ1n) is 6.66. The standard InChI is InChI=1S/C15H23NO3/c1-5-13(15(17)18)19-14-7-6-11(4)8-12(14)9-16-10(2)3/h6-8,10,13,16H,5,9H2,1-4H3,(H,17,18). The van der Waals surface area contributed by atoms with Gasteiger partial charge in [0.1, 0.15) is 5.75 Å². The second-order valence-corrected chi connectivity index (χ2v) is 5.00. The summed E-state index contributed by atoms with van der Waals surface area (Å²) >= 11 is 0. The van der Waals surface area contributed by atoms with Crippen LogP contribution >= 0.6 is 0 Å². The predicted octanol–water partition coefficient (Wildman–Crippen LogP) is 2.74. The van der Waals surface area contributed by atoms with Crippen molar-refractivity contribution in [2.24, 2.45) is 0 Å². The first kappa shape index (κ1) is 15.5. The Morgan fingerprint density at radius 1 is 1.42 bits per heavy atom. The fraction of sp³-hybridized carbons (Fsp3) is 0.533. The monoisotopic (exact) mass is 265 g/mol. The number of nitrogens with one attached hydrogen (secondary N) is 1. The van der Waals surface area contributed by atoms with Crippen LogP contribution < -0.4 is 10.1 Å². The molecule has 1 atom stereocenters. The van der Waals surface area contributed by atoms with Gasteiger partial charge in [-0.15, -0.1) is 0 Å². The number of carboxylic acids is 1. The Morgan fingerprint density at radius 2 is 2.11 bits per heavy atom. The van der Waals surface area contributed by atoms with Crippen LogP contribution in [-0.4, -0.2) is 23.2 Å². The summed E-state index contributed by atoms with van der Waals surface area (Å²) in [4.78, 5) is 11.0. The molecule has 0 spiro atoms. The Bertz CT molecular complexity index is 429. The van der Waals surface area contributed by atoms with Gasteiger partial charge in [0.15, 0.2) is 6.10 Å². The third-order valence-corrected chi connectivity index (χ3v) is 2.83. The summed E-state index contributed by atoms with van der Waals surface area (Å²) in [6.07, 6.45) is -0.346. The van der Waals surface area contributed by atoms with E-state index in [1.54, 1.807) is 6.92 Å². The number of aliphatic carboxylic acids is 1. The third-order valence-electron chi connectivity index (χ3n) is 2.83. The molecule has 106 valence electrons. The lowest BCUT2D eigenvalue weighted by molar-refractivity contribution is -0.145. The molecule has 4 heteroatoms. The highest BCUT2D eigenvalue weighted by Crippen LogP contribution is 2.22. The van der Waals surface area contributed by atoms with Gasteiger partial charge in [0, 0.05) is 18.2 Å². The molecule has 0 fully saturated rings. The molecule has 0 aliphatic rings. The van der Waals surface area contributed by atoms with Crippen LogP contribution in [0, 0.1) is 6.92 Å². The average Bonchev–Trinajstić information content (AvgIpc) is 2.34. The Morgan fingerprint density at radius 3 is 2.63 bits per heavy atom. The van der Waals surface area contributed by atoms with E-state index in [1.165, 1.54) is 0 Å². The average molecular weight is 265 g/mol. The lowest BCUT2D eigenvalue weighted by Gasteiger charge is -2.18. The summed E-state index contributed by atoms with van der Waals surface area (Å²) in [5.74, 6) is -0.279. The lowest BCUT2D eigenvalue weighted by Crippen LogP contribution is -2.27. The predicted molar refractivity (Wildman–Crippen MR) is 75.5 cm³/mol. The minimum Gasteiger partial charge on any atom is -0.479 e. The Balaban J connectivity index is 2.89. The maximum Gasteiger partial charge on any atom is 0.344 e. The molecule has 1 unspecified atom stereocenters. The van der Waals surface area contributed by atoms with Crippen molar-refractivity contribution in [3.8, 4) is 5.75 Å². The van der Waals surface area contributed by atoms with Gasteiger partial charge in [-0.3, -0.25) is 0 Å². The highest BCUT2D eigenvalue weighted by Gasteiger charge is 2.18. The van der Waals surface area contributed by atoms with Crippen molar-refractivity contribution < 1.29 is 14.6 Å². The van der Waals surface area contributed by atoms with E-state index >= 15 is 0 Å².